The van der Waals surface area contributed by atoms with Gasteiger partial charge in [-0.1, -0.05) is 67.2 Å². The summed E-state index contributed by atoms with van der Waals surface area (Å²) in [6, 6.07) is 9.55. The molecular weight excluding hydrogens is 433 g/mol. The predicted octanol–water partition coefficient (Wildman–Crippen LogP) is 9.87. The molecule has 0 heterocycles. The molecule has 2 aromatic carbocycles. The lowest BCUT2D eigenvalue weighted by Gasteiger charge is -2.21. The van der Waals surface area contributed by atoms with Crippen LogP contribution in [0.15, 0.2) is 43.8 Å². The van der Waals surface area contributed by atoms with Gasteiger partial charge >= 0.3 is 0 Å². The van der Waals surface area contributed by atoms with Gasteiger partial charge in [0.05, 0.1) is 0 Å². The van der Waals surface area contributed by atoms with Gasteiger partial charge < -0.3 is 0 Å². The van der Waals surface area contributed by atoms with E-state index in [-0.39, 0.29) is 0 Å². The Balaban J connectivity index is 2.47. The first-order valence-electron chi connectivity index (χ1n) is 12.2. The third-order valence-electron chi connectivity index (χ3n) is 6.13. The molecule has 2 unspecified atom stereocenters. The van der Waals surface area contributed by atoms with Crippen molar-refractivity contribution < 1.29 is 0 Å². The summed E-state index contributed by atoms with van der Waals surface area (Å²) in [5.74, 6) is 0. The summed E-state index contributed by atoms with van der Waals surface area (Å²) >= 11 is 6.10. The van der Waals surface area contributed by atoms with Crippen molar-refractivity contribution in [2.75, 3.05) is 0 Å². The topological polar surface area (TPSA) is 0 Å². The molecule has 2 atom stereocenters. The number of hydrogen-bond donors (Lipinski definition) is 0. The average molecular weight is 475 g/mol. The van der Waals surface area contributed by atoms with Gasteiger partial charge in [0, 0.05) is 30.1 Å². The molecule has 0 amide bonds. The van der Waals surface area contributed by atoms with E-state index in [9.17, 15) is 0 Å². The molecule has 0 saturated carbocycles. The van der Waals surface area contributed by atoms with E-state index in [4.69, 9.17) is 0 Å². The molecule has 0 aliphatic rings. The maximum Gasteiger partial charge on any atom is 0.0157 e. The van der Waals surface area contributed by atoms with E-state index in [1.165, 1.54) is 32.4 Å². The second-order valence-corrected chi connectivity index (χ2v) is 12.3. The fourth-order valence-electron chi connectivity index (χ4n) is 3.98. The molecule has 0 saturated heterocycles. The van der Waals surface area contributed by atoms with Crippen LogP contribution in [-0.4, -0.2) is 10.5 Å². The van der Waals surface area contributed by atoms with Crippen LogP contribution in [0.4, 0.5) is 0 Å². The Morgan fingerprint density at radius 2 is 0.806 bits per heavy atom. The smallest absolute Gasteiger partial charge is 0.0157 e. The molecule has 0 spiro atoms. The van der Waals surface area contributed by atoms with Gasteiger partial charge in [-0.05, 0) is 85.0 Å². The molecule has 0 radical (unpaired) electrons. The standard InChI is InChI=1S/C28H42S3/c1-9-19(7)29-25-15-17-27(23(13-5)21(25)11-3)31-28-18-16-26(30-20(8)10-2)22(12-4)24(28)14-6/h15-20H,9-14H2,1-8H3. The Morgan fingerprint density at radius 3 is 1.10 bits per heavy atom. The minimum absolute atomic E-state index is 0.669. The van der Waals surface area contributed by atoms with Crippen LogP contribution in [0.3, 0.4) is 0 Å². The van der Waals surface area contributed by atoms with Gasteiger partial charge in [-0.25, -0.2) is 0 Å². The van der Waals surface area contributed by atoms with Crippen LogP contribution >= 0.6 is 35.3 Å². The van der Waals surface area contributed by atoms with E-state index in [1.807, 2.05) is 11.8 Å². The van der Waals surface area contributed by atoms with Crippen molar-refractivity contribution >= 4 is 35.3 Å². The van der Waals surface area contributed by atoms with Crippen LogP contribution in [-0.2, 0) is 25.7 Å². The summed E-state index contributed by atoms with van der Waals surface area (Å²) < 4.78 is 0. The Kier molecular flexibility index (Phi) is 11.4. The van der Waals surface area contributed by atoms with Crippen LogP contribution < -0.4 is 0 Å². The molecule has 0 nitrogen and oxygen atoms in total. The van der Waals surface area contributed by atoms with Gasteiger partial charge in [0.15, 0.2) is 0 Å². The maximum atomic E-state index is 2.39. The van der Waals surface area contributed by atoms with Crippen molar-refractivity contribution in [3.63, 3.8) is 0 Å². The molecule has 3 heteroatoms. The Morgan fingerprint density at radius 1 is 0.516 bits per heavy atom. The lowest BCUT2D eigenvalue weighted by molar-refractivity contribution is 0.897. The molecule has 31 heavy (non-hydrogen) atoms. The van der Waals surface area contributed by atoms with E-state index >= 15 is 0 Å². The summed E-state index contributed by atoms with van der Waals surface area (Å²) in [4.78, 5) is 5.88. The van der Waals surface area contributed by atoms with Crippen molar-refractivity contribution in [2.24, 2.45) is 0 Å². The zero-order chi connectivity index (χ0) is 23.0. The Labute approximate surface area is 205 Å². The summed E-state index contributed by atoms with van der Waals surface area (Å²) in [5.41, 5.74) is 6.24. The predicted molar refractivity (Wildman–Crippen MR) is 146 cm³/mol. The first kappa shape index (κ1) is 26.7. The van der Waals surface area contributed by atoms with Crippen LogP contribution in [0.25, 0.3) is 0 Å². The average Bonchev–Trinajstić information content (AvgIpc) is 2.79. The lowest BCUT2D eigenvalue weighted by atomic mass is 10.0. The van der Waals surface area contributed by atoms with Crippen molar-refractivity contribution in [2.45, 2.75) is 124 Å². The van der Waals surface area contributed by atoms with Crippen molar-refractivity contribution in [1.29, 1.82) is 0 Å². The van der Waals surface area contributed by atoms with Gasteiger partial charge in [0.25, 0.3) is 0 Å². The summed E-state index contributed by atoms with van der Waals surface area (Å²) in [7, 11) is 0. The van der Waals surface area contributed by atoms with E-state index < -0.39 is 0 Å². The number of benzene rings is 2. The molecule has 0 aliphatic carbocycles. The second-order valence-electron chi connectivity index (χ2n) is 8.23. The monoisotopic (exact) mass is 474 g/mol. The molecule has 0 bridgehead atoms. The zero-order valence-electron chi connectivity index (χ0n) is 20.9. The Bertz CT molecular complexity index is 771. The van der Waals surface area contributed by atoms with Crippen LogP contribution in [0.1, 0.15) is 90.5 Å². The summed E-state index contributed by atoms with van der Waals surface area (Å²) in [6.45, 7) is 18.5. The molecule has 2 aromatic rings. The molecule has 0 aliphatic heterocycles. The third-order valence-corrected chi connectivity index (χ3v) is 10.1. The fourth-order valence-corrected chi connectivity index (χ4v) is 7.58. The Hall–Kier alpha value is -0.510. The van der Waals surface area contributed by atoms with Crippen LogP contribution in [0.5, 0.6) is 0 Å². The maximum absolute atomic E-state index is 2.39. The largest absolute Gasteiger partial charge is 0.123 e. The van der Waals surface area contributed by atoms with E-state index in [1.54, 1.807) is 22.3 Å². The summed E-state index contributed by atoms with van der Waals surface area (Å²) in [6.07, 6.45) is 6.86. The highest BCUT2D eigenvalue weighted by Gasteiger charge is 2.18. The molecule has 0 N–H and O–H groups in total. The second kappa shape index (κ2) is 13.3. The minimum atomic E-state index is 0.669. The highest BCUT2D eigenvalue weighted by Crippen LogP contribution is 2.42. The van der Waals surface area contributed by atoms with Crippen molar-refractivity contribution in [1.82, 2.24) is 0 Å². The molecular formula is C28H42S3. The van der Waals surface area contributed by atoms with Crippen LogP contribution in [0.2, 0.25) is 0 Å². The highest BCUT2D eigenvalue weighted by molar-refractivity contribution is 8.00. The number of rotatable bonds is 12. The van der Waals surface area contributed by atoms with E-state index in [2.05, 4.69) is 103 Å². The van der Waals surface area contributed by atoms with Crippen molar-refractivity contribution in [3.8, 4) is 0 Å². The van der Waals surface area contributed by atoms with Gasteiger partial charge in [-0.2, -0.15) is 0 Å². The third kappa shape index (κ3) is 6.74. The van der Waals surface area contributed by atoms with Gasteiger partial charge in [-0.3, -0.25) is 0 Å². The first-order chi connectivity index (χ1) is 14.9. The van der Waals surface area contributed by atoms with Gasteiger partial charge in [-0.15, -0.1) is 23.5 Å². The SMILES string of the molecule is CCc1c(Sc2ccc(SC(C)CC)c(CC)c2CC)ccc(SC(C)CC)c1CC. The fraction of sp³-hybridized carbons (Fsp3) is 0.571. The normalized spacial score (nSPS) is 13.4. The van der Waals surface area contributed by atoms with Gasteiger partial charge in [0.1, 0.15) is 0 Å². The van der Waals surface area contributed by atoms with Crippen LogP contribution in [0, 0.1) is 0 Å². The molecule has 0 fully saturated rings. The minimum Gasteiger partial charge on any atom is -0.123 e. The zero-order valence-corrected chi connectivity index (χ0v) is 23.4. The number of thioether (sulfide) groups is 2. The lowest BCUT2D eigenvalue weighted by Crippen LogP contribution is -2.02. The van der Waals surface area contributed by atoms with Gasteiger partial charge in [0.2, 0.25) is 0 Å². The molecule has 172 valence electrons. The first-order valence-corrected chi connectivity index (χ1v) is 14.8. The quantitative estimate of drug-likeness (QED) is 0.281. The highest BCUT2D eigenvalue weighted by atomic mass is 32.2. The summed E-state index contributed by atoms with van der Waals surface area (Å²) in [5, 5.41) is 1.34. The molecule has 2 rings (SSSR count). The van der Waals surface area contributed by atoms with Crippen molar-refractivity contribution in [3.05, 3.63) is 46.5 Å². The van der Waals surface area contributed by atoms with E-state index in [0.717, 1.165) is 25.7 Å². The molecule has 0 aromatic heterocycles. The van der Waals surface area contributed by atoms with E-state index in [0.29, 0.717) is 10.5 Å². The number of hydrogen-bond acceptors (Lipinski definition) is 3.